The predicted molar refractivity (Wildman–Crippen MR) is 159 cm³/mol. The van der Waals surface area contributed by atoms with Gasteiger partial charge in [0.2, 0.25) is 18.1 Å². The summed E-state index contributed by atoms with van der Waals surface area (Å²) in [6.45, 7) is 2.48. The van der Waals surface area contributed by atoms with Crippen LogP contribution in [0.2, 0.25) is 0 Å². The molecular formula is C31H38N4O7. The monoisotopic (exact) mass is 578 g/mol. The van der Waals surface area contributed by atoms with E-state index in [9.17, 15) is 14.4 Å². The molecule has 1 aliphatic heterocycles. The number of nitrogens with one attached hydrogen (secondary N) is 2. The van der Waals surface area contributed by atoms with Crippen molar-refractivity contribution in [3.63, 3.8) is 0 Å². The number of benzene rings is 2. The molecule has 2 atom stereocenters. The molecule has 1 aromatic heterocycles. The van der Waals surface area contributed by atoms with Crippen LogP contribution in [0.1, 0.15) is 48.9 Å². The first-order valence-corrected chi connectivity index (χ1v) is 14.1. The van der Waals surface area contributed by atoms with E-state index < -0.39 is 6.29 Å². The van der Waals surface area contributed by atoms with Crippen molar-refractivity contribution in [2.45, 2.75) is 44.8 Å². The number of fused-ring (bicyclic) bond motifs is 1. The molecule has 2 amide bonds. The van der Waals surface area contributed by atoms with E-state index in [0.29, 0.717) is 43.6 Å². The Labute approximate surface area is 244 Å². The zero-order chi connectivity index (χ0) is 29.9. The van der Waals surface area contributed by atoms with Gasteiger partial charge in [-0.3, -0.25) is 19.0 Å². The van der Waals surface area contributed by atoms with E-state index in [4.69, 9.17) is 25.1 Å². The summed E-state index contributed by atoms with van der Waals surface area (Å²) in [5, 5.41) is 15.5. The Morgan fingerprint density at radius 3 is 2.64 bits per heavy atom. The maximum atomic E-state index is 13.1. The molecule has 42 heavy (non-hydrogen) atoms. The number of nitrogens with two attached hydrogens (primary N) is 1. The van der Waals surface area contributed by atoms with E-state index in [1.807, 2.05) is 30.5 Å². The lowest BCUT2D eigenvalue weighted by Gasteiger charge is -2.29. The lowest BCUT2D eigenvalue weighted by atomic mass is 9.92. The number of aromatic nitrogens is 1. The summed E-state index contributed by atoms with van der Waals surface area (Å²) < 4.78 is 18.7. The molecule has 11 heteroatoms. The summed E-state index contributed by atoms with van der Waals surface area (Å²) in [6, 6.07) is 14.7. The SMILES string of the molecule is CC(=O)n1cc([C@@H]2C=C(C(=O)NCCCCC(=O)Nc3ccccc3N)O[C@H](OCCOCCO)C2)c2ccccc21. The topological polar surface area (TPSA) is 154 Å². The standard InChI is InChI=1S/C31H38N4O7/c1-21(37)35-20-24(23-8-2-5-11-27(23)35)22-18-28(42-30(19-22)41-17-16-40-15-14-36)31(39)33-13-7-6-12-29(38)34-26-10-4-3-9-25(26)32/h2-5,8-11,18,20,22,30,36H,6-7,12-17,19,32H2,1H3,(H,33,39)(H,34,38)/t22-,30+/m1/s1. The molecule has 0 saturated carbocycles. The number of aliphatic hydroxyl groups excluding tert-OH is 1. The highest BCUT2D eigenvalue weighted by molar-refractivity contribution is 5.95. The number of ether oxygens (including phenoxy) is 3. The third kappa shape index (κ3) is 8.19. The van der Waals surface area contributed by atoms with Crippen LogP contribution < -0.4 is 16.4 Å². The van der Waals surface area contributed by atoms with E-state index in [1.54, 1.807) is 34.9 Å². The first-order valence-electron chi connectivity index (χ1n) is 14.1. The summed E-state index contributed by atoms with van der Waals surface area (Å²) >= 11 is 0. The molecule has 0 unspecified atom stereocenters. The third-order valence-electron chi connectivity index (χ3n) is 6.88. The fraction of sp³-hybridized carbons (Fsp3) is 0.387. The Kier molecular flexibility index (Phi) is 11.1. The molecular weight excluding hydrogens is 540 g/mol. The predicted octanol–water partition coefficient (Wildman–Crippen LogP) is 3.55. The minimum Gasteiger partial charge on any atom is -0.459 e. The average Bonchev–Trinajstić information content (AvgIpc) is 3.38. The molecule has 0 aliphatic carbocycles. The van der Waals surface area contributed by atoms with E-state index in [-0.39, 0.29) is 55.8 Å². The number of amides is 2. The highest BCUT2D eigenvalue weighted by Crippen LogP contribution is 2.36. The van der Waals surface area contributed by atoms with Crippen LogP contribution in [0.5, 0.6) is 0 Å². The van der Waals surface area contributed by atoms with E-state index in [0.717, 1.165) is 16.5 Å². The van der Waals surface area contributed by atoms with E-state index >= 15 is 0 Å². The largest absolute Gasteiger partial charge is 0.459 e. The number of hydrogen-bond donors (Lipinski definition) is 4. The number of para-hydroxylation sites is 3. The molecule has 11 nitrogen and oxygen atoms in total. The second kappa shape index (κ2) is 15.2. The van der Waals surface area contributed by atoms with Crippen molar-refractivity contribution in [3.8, 4) is 0 Å². The molecule has 224 valence electrons. The van der Waals surface area contributed by atoms with Gasteiger partial charge in [0, 0.05) is 43.8 Å². The Balaban J connectivity index is 1.38. The van der Waals surface area contributed by atoms with Gasteiger partial charge in [0.25, 0.3) is 5.91 Å². The quantitative estimate of drug-likeness (QED) is 0.167. The number of carbonyl (C=O) groups is 3. The molecule has 2 aromatic carbocycles. The maximum Gasteiger partial charge on any atom is 0.286 e. The number of unbranched alkanes of at least 4 members (excludes halogenated alkanes) is 1. The van der Waals surface area contributed by atoms with Gasteiger partial charge < -0.3 is 35.7 Å². The number of hydrogen-bond acceptors (Lipinski definition) is 8. The number of rotatable bonds is 14. The molecule has 0 fully saturated rings. The molecule has 0 saturated heterocycles. The van der Waals surface area contributed by atoms with E-state index in [1.165, 1.54) is 6.92 Å². The lowest BCUT2D eigenvalue weighted by Crippen LogP contribution is -2.33. The van der Waals surface area contributed by atoms with Crippen LogP contribution in [0.15, 0.2) is 66.6 Å². The number of carbonyl (C=O) groups excluding carboxylic acids is 3. The molecule has 4 rings (SSSR count). The molecule has 3 aromatic rings. The summed E-state index contributed by atoms with van der Waals surface area (Å²) in [6.07, 6.45) is 4.75. The number of anilines is 2. The summed E-state index contributed by atoms with van der Waals surface area (Å²) in [4.78, 5) is 37.7. The molecule has 1 aliphatic rings. The lowest BCUT2D eigenvalue weighted by molar-refractivity contribution is -0.151. The number of nitrogens with zero attached hydrogens (tertiary/aromatic N) is 1. The van der Waals surface area contributed by atoms with Crippen LogP contribution in [0.3, 0.4) is 0 Å². The second-order valence-corrected chi connectivity index (χ2v) is 9.97. The maximum absolute atomic E-state index is 13.1. The van der Waals surface area contributed by atoms with Crippen molar-refractivity contribution in [1.29, 1.82) is 0 Å². The fourth-order valence-corrected chi connectivity index (χ4v) is 4.83. The van der Waals surface area contributed by atoms with Gasteiger partial charge in [0.05, 0.1) is 43.3 Å². The van der Waals surface area contributed by atoms with Crippen LogP contribution in [0.4, 0.5) is 11.4 Å². The molecule has 5 N–H and O–H groups in total. The fourth-order valence-electron chi connectivity index (χ4n) is 4.83. The van der Waals surface area contributed by atoms with Gasteiger partial charge in [-0.25, -0.2) is 0 Å². The first-order chi connectivity index (χ1) is 20.4. The number of aliphatic hydroxyl groups is 1. The zero-order valence-corrected chi connectivity index (χ0v) is 23.7. The minimum absolute atomic E-state index is 0.0817. The van der Waals surface area contributed by atoms with Crippen molar-refractivity contribution in [1.82, 2.24) is 9.88 Å². The van der Waals surface area contributed by atoms with Gasteiger partial charge in [0.15, 0.2) is 5.76 Å². The van der Waals surface area contributed by atoms with Crippen LogP contribution in [-0.4, -0.2) is 66.7 Å². The van der Waals surface area contributed by atoms with Gasteiger partial charge in [-0.15, -0.1) is 0 Å². The number of allylic oxidation sites excluding steroid dienone is 1. The normalized spacial score (nSPS) is 16.5. The molecule has 0 radical (unpaired) electrons. The Morgan fingerprint density at radius 1 is 1.07 bits per heavy atom. The second-order valence-electron chi connectivity index (χ2n) is 9.97. The highest BCUT2D eigenvalue weighted by atomic mass is 16.7. The molecule has 2 heterocycles. The number of nitrogen functional groups attached to an aromatic ring is 1. The van der Waals surface area contributed by atoms with Gasteiger partial charge in [-0.1, -0.05) is 30.3 Å². The summed E-state index contributed by atoms with van der Waals surface area (Å²) in [5.74, 6) is -0.761. The summed E-state index contributed by atoms with van der Waals surface area (Å²) in [5.41, 5.74) is 8.64. The van der Waals surface area contributed by atoms with Crippen LogP contribution in [-0.2, 0) is 23.8 Å². The average molecular weight is 579 g/mol. The van der Waals surface area contributed by atoms with Gasteiger partial charge in [-0.2, -0.15) is 0 Å². The van der Waals surface area contributed by atoms with Crippen molar-refractivity contribution in [2.24, 2.45) is 0 Å². The van der Waals surface area contributed by atoms with Crippen LogP contribution >= 0.6 is 0 Å². The Morgan fingerprint density at radius 2 is 1.86 bits per heavy atom. The van der Waals surface area contributed by atoms with Crippen molar-refractivity contribution in [2.75, 3.05) is 44.0 Å². The molecule has 0 spiro atoms. The zero-order valence-electron chi connectivity index (χ0n) is 23.7. The van der Waals surface area contributed by atoms with Gasteiger partial charge in [-0.05, 0) is 42.7 Å². The molecule has 0 bridgehead atoms. The van der Waals surface area contributed by atoms with Gasteiger partial charge >= 0.3 is 0 Å². The van der Waals surface area contributed by atoms with Gasteiger partial charge in [0.1, 0.15) is 0 Å². The van der Waals surface area contributed by atoms with E-state index in [2.05, 4.69) is 10.6 Å². The third-order valence-corrected chi connectivity index (χ3v) is 6.88. The highest BCUT2D eigenvalue weighted by Gasteiger charge is 2.30. The minimum atomic E-state index is -0.716. The van der Waals surface area contributed by atoms with Crippen molar-refractivity contribution >= 4 is 40.0 Å². The van der Waals surface area contributed by atoms with Crippen molar-refractivity contribution < 1.29 is 33.7 Å². The smallest absolute Gasteiger partial charge is 0.286 e. The summed E-state index contributed by atoms with van der Waals surface area (Å²) in [7, 11) is 0. The van der Waals surface area contributed by atoms with Crippen molar-refractivity contribution in [3.05, 3.63) is 72.1 Å². The van der Waals surface area contributed by atoms with Crippen LogP contribution in [0, 0.1) is 0 Å². The Bertz CT molecular complexity index is 1420. The van der Waals surface area contributed by atoms with Crippen LogP contribution in [0.25, 0.3) is 10.9 Å². The Hall–Kier alpha value is -4.19. The first kappa shape index (κ1) is 30.8.